The Kier molecular flexibility index (Phi) is 71.1. The van der Waals surface area contributed by atoms with Gasteiger partial charge in [0.05, 0.1) is 12.6 Å². The number of aliphatic imine (C=N–C) groups is 1. The van der Waals surface area contributed by atoms with E-state index in [0.29, 0.717) is 116 Å². The van der Waals surface area contributed by atoms with Crippen molar-refractivity contribution in [3.8, 4) is 0 Å². The van der Waals surface area contributed by atoms with Crippen LogP contribution in [0.3, 0.4) is 0 Å². The van der Waals surface area contributed by atoms with Crippen LogP contribution in [0.25, 0.3) is 0 Å². The molecule has 0 aliphatic carbocycles. The Hall–Kier alpha value is -10.1. The fourth-order valence-electron chi connectivity index (χ4n) is 15.9. The number of nitrogens with zero attached hydrogens (tertiary/aromatic N) is 1. The molecular weight excluding hydrogens is 1840 g/mol. The first kappa shape index (κ1) is 133. The molecule has 45 heteroatoms. The Labute approximate surface area is 849 Å². The summed E-state index contributed by atoms with van der Waals surface area (Å²) in [5.74, 6) is -8.64. The van der Waals surface area contributed by atoms with E-state index in [9.17, 15) is 62.3 Å². The quantitative estimate of drug-likeness (QED) is 0.00874. The van der Waals surface area contributed by atoms with Crippen LogP contribution in [0.4, 0.5) is 0 Å². The van der Waals surface area contributed by atoms with Gasteiger partial charge in [-0.2, -0.15) is 0 Å². The smallest absolute Gasteiger partial charge is 0.243 e. The Morgan fingerprint density at radius 3 is 0.636 bits per heavy atom. The minimum Gasteiger partial charge on any atom is -0.370 e. The lowest BCUT2D eigenvalue weighted by atomic mass is 9.98. The van der Waals surface area contributed by atoms with Crippen molar-refractivity contribution in [2.75, 3.05) is 58.9 Å². The van der Waals surface area contributed by atoms with Gasteiger partial charge in [-0.3, -0.25) is 91.9 Å². The summed E-state index contributed by atoms with van der Waals surface area (Å²) in [7, 11) is 0. The number of carbonyl (C=O) groups is 17. The molecule has 0 aromatic heterocycles. The Balaban J connectivity index is 7.53. The number of hydrazine groups is 1. The highest BCUT2D eigenvalue weighted by Gasteiger charge is 2.40. The van der Waals surface area contributed by atoms with E-state index in [1.165, 1.54) is 0 Å². The van der Waals surface area contributed by atoms with E-state index < -0.39 is 192 Å². The molecule has 17 amide bonds. The number of rotatable bonds is 81. The monoisotopic (exact) mass is 2030 g/mol. The third-order valence-electron chi connectivity index (χ3n) is 23.5. The van der Waals surface area contributed by atoms with Crippen molar-refractivity contribution >= 4 is 106 Å². The standard InChI is InChI=1S/C98H190N28O17/c1-58(2)49-66(105)83(129)112-68(34-20-26-42-100)85(131)114-70(36-22-28-44-102)87(133)120-79(55-64(13)14)96(142)125-77(53-62(9)10)94(140)118-73(39-32-48-110-98(106)107)90(136)122-80(56-65(15)16)97(143)123-75(51-60(5)6)92(138)116-69(35-21-27-43-101)86(132)115-71(37-23-29-45-103)88(134)121-78(54-63(11)12)95(141)124-76(52-61(7)8)93(139)117-72(38-24-30-46-104)89(135)119-74(50-59(3)4)91(137)113-67(33-19-25-41-99)84(130)111-57-82(128)109-47-31-17-18-40-81(127)126-108/h58-80H,17-57,99-105,108H2,1-16H3,(H,109,128)(H,111,130)(H,112,129)(H,113,137)(H,114,131)(H,115,132)(H,116,138)(H,117,139)(H,118,140)(H,119,135)(H,120,133)(H,121,134)(H,122,136)(H,123,143)(H,124,141)(H,125,142)(H,126,127)(H4,106,107,110)/t66-,67-,68-,69-,70-,71-,72-,73-,74-,75-,76-,77-,78-,79-,80-/m0/s1. The maximum absolute atomic E-state index is 15.0. The summed E-state index contributed by atoms with van der Waals surface area (Å²) < 4.78 is 0. The highest BCUT2D eigenvalue weighted by Crippen LogP contribution is 2.20. The third kappa shape index (κ3) is 61.1. The average Bonchev–Trinajstić information content (AvgIpc) is 0.847. The molecule has 37 N–H and O–H groups in total. The van der Waals surface area contributed by atoms with Crippen molar-refractivity contribution in [1.82, 2.24) is 90.5 Å². The van der Waals surface area contributed by atoms with Gasteiger partial charge in [0.15, 0.2) is 5.96 Å². The van der Waals surface area contributed by atoms with E-state index in [0.717, 1.165) is 0 Å². The van der Waals surface area contributed by atoms with Gasteiger partial charge in [-0.25, -0.2) is 5.84 Å². The largest absolute Gasteiger partial charge is 0.370 e. The molecule has 0 saturated carbocycles. The second-order valence-electron chi connectivity index (χ2n) is 41.1. The SMILES string of the molecule is CC(C)C[C@H](NC(=O)[C@H](CCCCN)NC(=O)[C@H](CC(C)C)NC(=O)[C@H](CC(C)C)NC(=O)[C@H](CCCCN)NC(=O)[C@H](CCCCN)NC(=O)[C@H](CC(C)C)NC(=O)[C@H](CC(C)C)NC(=O)[C@H](CCCN=C(N)N)NC(=O)[C@H](CC(C)C)NC(=O)[C@H](CC(C)C)NC(=O)[C@H](CCCCN)NC(=O)[C@H](CCCCN)NC(=O)[C@@H](N)CC(C)C)C(=O)N[C@@H](CCCCN)C(=O)NCC(=O)NCCCCCC(=O)NN. The van der Waals surface area contributed by atoms with Crippen LogP contribution in [0, 0.1) is 47.3 Å². The van der Waals surface area contributed by atoms with Gasteiger partial charge in [-0.15, -0.1) is 0 Å². The summed E-state index contributed by atoms with van der Waals surface area (Å²) in [6.07, 6.45) is 8.18. The van der Waals surface area contributed by atoms with Crippen molar-refractivity contribution < 1.29 is 81.5 Å². The Morgan fingerprint density at radius 1 is 0.224 bits per heavy atom. The zero-order valence-electron chi connectivity index (χ0n) is 88.9. The van der Waals surface area contributed by atoms with Gasteiger partial charge in [0.25, 0.3) is 0 Å². The first-order valence-electron chi connectivity index (χ1n) is 52.3. The van der Waals surface area contributed by atoms with Crippen molar-refractivity contribution in [1.29, 1.82) is 0 Å². The Morgan fingerprint density at radius 2 is 0.427 bits per heavy atom. The molecule has 0 aliphatic heterocycles. The van der Waals surface area contributed by atoms with Crippen molar-refractivity contribution in [2.45, 2.75) is 407 Å². The molecule has 0 saturated heterocycles. The van der Waals surface area contributed by atoms with Gasteiger partial charge in [0.2, 0.25) is 100 Å². The van der Waals surface area contributed by atoms with Gasteiger partial charge < -0.3 is 137 Å². The lowest BCUT2D eigenvalue weighted by molar-refractivity contribution is -0.137. The van der Waals surface area contributed by atoms with Gasteiger partial charge in [-0.05, 0) is 279 Å². The number of amides is 17. The predicted octanol–water partition coefficient (Wildman–Crippen LogP) is -0.920. The van der Waals surface area contributed by atoms with E-state index in [4.69, 9.17) is 57.4 Å². The van der Waals surface area contributed by atoms with Crippen LogP contribution >= 0.6 is 0 Å². The van der Waals surface area contributed by atoms with Crippen molar-refractivity contribution in [3.05, 3.63) is 0 Å². The molecule has 824 valence electrons. The highest BCUT2D eigenvalue weighted by atomic mass is 16.2. The van der Waals surface area contributed by atoms with Gasteiger partial charge in [0.1, 0.15) is 84.6 Å². The van der Waals surface area contributed by atoms with Crippen molar-refractivity contribution in [2.24, 2.45) is 110 Å². The number of nitrogens with two attached hydrogens (primary N) is 10. The van der Waals surface area contributed by atoms with Crippen LogP contribution in [0.5, 0.6) is 0 Å². The number of guanidine groups is 1. The van der Waals surface area contributed by atoms with Crippen LogP contribution < -0.4 is 148 Å². The summed E-state index contributed by atoms with van der Waals surface area (Å²) in [4.78, 5) is 248. The normalized spacial score (nSPS) is 14.7. The molecular formula is C98H190N28O17. The van der Waals surface area contributed by atoms with Crippen LogP contribution in [0.1, 0.15) is 316 Å². The lowest BCUT2D eigenvalue weighted by Gasteiger charge is -2.30. The fourth-order valence-corrected chi connectivity index (χ4v) is 15.9. The summed E-state index contributed by atoms with van der Waals surface area (Å²) in [6.45, 7) is 30.7. The topological polar surface area (TPSA) is 767 Å². The summed E-state index contributed by atoms with van der Waals surface area (Å²) >= 11 is 0. The molecule has 0 bridgehead atoms. The molecule has 0 aliphatic rings. The summed E-state index contributed by atoms with van der Waals surface area (Å²) in [6, 6.07) is -18.9. The summed E-state index contributed by atoms with van der Waals surface area (Å²) in [5.41, 5.74) is 55.0. The van der Waals surface area contributed by atoms with E-state index >= 15 is 19.2 Å². The molecule has 143 heavy (non-hydrogen) atoms. The zero-order chi connectivity index (χ0) is 108. The van der Waals surface area contributed by atoms with Gasteiger partial charge in [-0.1, -0.05) is 117 Å². The number of hydrogen-bond donors (Lipinski definition) is 27. The van der Waals surface area contributed by atoms with Gasteiger partial charge in [0, 0.05) is 19.5 Å². The number of hydrogen-bond acceptors (Lipinski definition) is 26. The molecule has 0 spiro atoms. The van der Waals surface area contributed by atoms with Crippen LogP contribution in [0.15, 0.2) is 4.99 Å². The van der Waals surface area contributed by atoms with Crippen LogP contribution in [-0.2, 0) is 81.5 Å². The molecule has 45 nitrogen and oxygen atoms in total. The number of nitrogens with one attached hydrogen (secondary N) is 17. The number of carbonyl (C=O) groups excluding carboxylic acids is 17. The first-order chi connectivity index (χ1) is 67.5. The summed E-state index contributed by atoms with van der Waals surface area (Å²) in [5, 5.41) is 44.7. The third-order valence-corrected chi connectivity index (χ3v) is 23.5. The minimum atomic E-state index is -1.42. The average molecular weight is 2030 g/mol. The maximum atomic E-state index is 15.0. The van der Waals surface area contributed by atoms with Gasteiger partial charge >= 0.3 is 0 Å². The molecule has 15 atom stereocenters. The predicted molar refractivity (Wildman–Crippen MR) is 555 cm³/mol. The molecule has 0 radical (unpaired) electrons. The van der Waals surface area contributed by atoms with E-state index in [-0.39, 0.29) is 201 Å². The zero-order valence-corrected chi connectivity index (χ0v) is 88.9. The molecule has 0 aromatic carbocycles. The van der Waals surface area contributed by atoms with E-state index in [1.54, 1.807) is 27.7 Å². The molecule has 0 heterocycles. The highest BCUT2D eigenvalue weighted by molar-refractivity contribution is 6.01. The Bertz CT molecular complexity index is 3820. The minimum absolute atomic E-state index is 0.000534. The molecule has 0 unspecified atom stereocenters. The second-order valence-corrected chi connectivity index (χ2v) is 41.1. The number of unbranched alkanes of at least 4 members (excludes halogenated alkanes) is 8. The molecule has 0 fully saturated rings. The van der Waals surface area contributed by atoms with E-state index in [2.05, 4.69) is 95.5 Å². The lowest BCUT2D eigenvalue weighted by Crippen LogP contribution is -2.61. The maximum Gasteiger partial charge on any atom is 0.243 e. The van der Waals surface area contributed by atoms with E-state index in [1.807, 2.05) is 83.1 Å². The molecule has 0 aromatic rings. The van der Waals surface area contributed by atoms with Crippen molar-refractivity contribution in [3.63, 3.8) is 0 Å². The second kappa shape index (κ2) is 76.5. The molecule has 0 rings (SSSR count). The van der Waals surface area contributed by atoms with Crippen LogP contribution in [-0.4, -0.2) is 256 Å². The van der Waals surface area contributed by atoms with Crippen LogP contribution in [0.2, 0.25) is 0 Å². The first-order valence-corrected chi connectivity index (χ1v) is 52.3. The fraction of sp³-hybridized carbons (Fsp3) is 0.816.